The molecule has 1 heterocycles. The highest BCUT2D eigenvalue weighted by Gasteiger charge is 2.25. The first-order valence-corrected chi connectivity index (χ1v) is 8.77. The molecule has 2 amide bonds. The first kappa shape index (κ1) is 17.7. The molecule has 2 rings (SSSR count). The maximum absolute atomic E-state index is 12.8. The summed E-state index contributed by atoms with van der Waals surface area (Å²) in [6.07, 6.45) is 0.956. The summed E-state index contributed by atoms with van der Waals surface area (Å²) in [5, 5.41) is 12.0. The number of nitrogens with zero attached hydrogens (tertiary/aromatic N) is 1. The van der Waals surface area contributed by atoms with Gasteiger partial charge in [0.2, 0.25) is 11.8 Å². The van der Waals surface area contributed by atoms with Crippen LogP contribution in [0.2, 0.25) is 0 Å². The van der Waals surface area contributed by atoms with Crippen molar-refractivity contribution in [2.24, 2.45) is 0 Å². The molecule has 0 aliphatic carbocycles. The Morgan fingerprint density at radius 1 is 1.26 bits per heavy atom. The van der Waals surface area contributed by atoms with Crippen molar-refractivity contribution in [3.8, 4) is 0 Å². The van der Waals surface area contributed by atoms with E-state index in [0.717, 1.165) is 17.9 Å². The summed E-state index contributed by atoms with van der Waals surface area (Å²) >= 11 is 1.80. The number of carbonyl (C=O) groups excluding carboxylic acids is 2. The van der Waals surface area contributed by atoms with Crippen LogP contribution in [0.5, 0.6) is 0 Å². The Morgan fingerprint density at radius 3 is 2.70 bits per heavy atom. The highest BCUT2D eigenvalue weighted by Crippen LogP contribution is 2.11. The normalized spacial score (nSPS) is 16.5. The number of amides is 2. The van der Waals surface area contributed by atoms with E-state index in [1.54, 1.807) is 16.7 Å². The average molecular weight is 340 g/mol. The summed E-state index contributed by atoms with van der Waals surface area (Å²) in [7, 11) is 0. The van der Waals surface area contributed by atoms with E-state index in [9.17, 15) is 19.1 Å². The molecular formula is C16H21FN2O3S. The minimum Gasteiger partial charge on any atom is -0.394 e. The van der Waals surface area contributed by atoms with Gasteiger partial charge in [-0.05, 0) is 29.9 Å². The summed E-state index contributed by atoms with van der Waals surface area (Å²) in [6.45, 7) is 0.849. The number of benzene rings is 1. The average Bonchev–Trinajstić information content (AvgIpc) is 2.83. The number of carbonyl (C=O) groups is 2. The summed E-state index contributed by atoms with van der Waals surface area (Å²) in [5.74, 6) is 0.907. The molecule has 0 unspecified atom stereocenters. The number of nitrogens with one attached hydrogen (secondary N) is 1. The Morgan fingerprint density at radius 2 is 2.00 bits per heavy atom. The van der Waals surface area contributed by atoms with E-state index in [-0.39, 0.29) is 24.1 Å². The number of rotatable bonds is 5. The summed E-state index contributed by atoms with van der Waals surface area (Å²) in [6, 6.07) is 4.69. The number of aliphatic hydroxyl groups excluding tert-OH is 1. The highest BCUT2D eigenvalue weighted by molar-refractivity contribution is 7.99. The van der Waals surface area contributed by atoms with Crippen molar-refractivity contribution in [3.63, 3.8) is 0 Å². The molecule has 0 saturated carbocycles. The van der Waals surface area contributed by atoms with Crippen molar-refractivity contribution in [2.45, 2.75) is 18.9 Å². The Balaban J connectivity index is 1.90. The third-order valence-electron chi connectivity index (χ3n) is 3.63. The van der Waals surface area contributed by atoms with Crippen molar-refractivity contribution < 1.29 is 19.1 Å². The van der Waals surface area contributed by atoms with Crippen LogP contribution in [0.1, 0.15) is 12.0 Å². The minimum atomic E-state index is -0.925. The Bertz CT molecular complexity index is 531. The van der Waals surface area contributed by atoms with Gasteiger partial charge in [0.1, 0.15) is 11.9 Å². The molecule has 0 aromatic heterocycles. The van der Waals surface area contributed by atoms with Crippen LogP contribution in [-0.2, 0) is 16.0 Å². The van der Waals surface area contributed by atoms with E-state index >= 15 is 0 Å². The Labute approximate surface area is 139 Å². The van der Waals surface area contributed by atoms with Gasteiger partial charge in [0, 0.05) is 18.8 Å². The Hall–Kier alpha value is -1.60. The fourth-order valence-electron chi connectivity index (χ4n) is 2.41. The van der Waals surface area contributed by atoms with Crippen LogP contribution >= 0.6 is 11.8 Å². The lowest BCUT2D eigenvalue weighted by Crippen LogP contribution is -2.51. The SMILES string of the molecule is O=C(Cc1ccc(F)cc1)N[C@@H](CO)C(=O)N1CCCSCC1. The van der Waals surface area contributed by atoms with Gasteiger partial charge in [0.05, 0.1) is 13.0 Å². The molecule has 0 spiro atoms. The van der Waals surface area contributed by atoms with E-state index in [1.165, 1.54) is 24.3 Å². The number of hydrogen-bond donors (Lipinski definition) is 2. The molecule has 1 saturated heterocycles. The van der Waals surface area contributed by atoms with Crippen molar-refractivity contribution >= 4 is 23.6 Å². The van der Waals surface area contributed by atoms with Gasteiger partial charge in [-0.1, -0.05) is 12.1 Å². The first-order valence-electron chi connectivity index (χ1n) is 7.61. The topological polar surface area (TPSA) is 69.6 Å². The van der Waals surface area contributed by atoms with Crippen LogP contribution in [-0.4, -0.2) is 59.1 Å². The fourth-order valence-corrected chi connectivity index (χ4v) is 3.29. The lowest BCUT2D eigenvalue weighted by molar-refractivity contribution is -0.137. The monoisotopic (exact) mass is 340 g/mol. The second-order valence-corrected chi connectivity index (χ2v) is 6.62. The van der Waals surface area contributed by atoms with E-state index in [0.29, 0.717) is 18.7 Å². The van der Waals surface area contributed by atoms with Crippen LogP contribution in [0, 0.1) is 5.82 Å². The van der Waals surface area contributed by atoms with Crippen LogP contribution < -0.4 is 5.32 Å². The number of hydrogen-bond acceptors (Lipinski definition) is 4. The predicted octanol–water partition coefficient (Wildman–Crippen LogP) is 0.811. The van der Waals surface area contributed by atoms with Gasteiger partial charge in [-0.2, -0.15) is 11.8 Å². The molecule has 0 radical (unpaired) electrons. The molecule has 7 heteroatoms. The lowest BCUT2D eigenvalue weighted by atomic mass is 10.1. The number of thioether (sulfide) groups is 1. The van der Waals surface area contributed by atoms with E-state index in [4.69, 9.17) is 0 Å². The van der Waals surface area contributed by atoms with Crippen molar-refractivity contribution in [1.82, 2.24) is 10.2 Å². The largest absolute Gasteiger partial charge is 0.394 e. The quantitative estimate of drug-likeness (QED) is 0.832. The van der Waals surface area contributed by atoms with Crippen molar-refractivity contribution in [1.29, 1.82) is 0 Å². The second kappa shape index (κ2) is 8.88. The van der Waals surface area contributed by atoms with Gasteiger partial charge in [-0.25, -0.2) is 4.39 Å². The molecule has 1 aliphatic heterocycles. The maximum atomic E-state index is 12.8. The summed E-state index contributed by atoms with van der Waals surface area (Å²) in [4.78, 5) is 26.1. The molecule has 5 nitrogen and oxygen atoms in total. The van der Waals surface area contributed by atoms with E-state index < -0.39 is 12.6 Å². The third kappa shape index (κ3) is 5.51. The zero-order valence-corrected chi connectivity index (χ0v) is 13.7. The van der Waals surface area contributed by atoms with Gasteiger partial charge >= 0.3 is 0 Å². The lowest BCUT2D eigenvalue weighted by Gasteiger charge is -2.25. The van der Waals surface area contributed by atoms with Crippen LogP contribution in [0.4, 0.5) is 4.39 Å². The number of aliphatic hydroxyl groups is 1. The maximum Gasteiger partial charge on any atom is 0.247 e. The highest BCUT2D eigenvalue weighted by atomic mass is 32.2. The first-order chi connectivity index (χ1) is 11.1. The van der Waals surface area contributed by atoms with Gasteiger partial charge in [0.25, 0.3) is 0 Å². The van der Waals surface area contributed by atoms with Crippen molar-refractivity contribution in [2.75, 3.05) is 31.2 Å². The summed E-state index contributed by atoms with van der Waals surface area (Å²) < 4.78 is 12.8. The molecule has 1 aromatic rings. The van der Waals surface area contributed by atoms with E-state index in [2.05, 4.69) is 5.32 Å². The molecule has 23 heavy (non-hydrogen) atoms. The van der Waals surface area contributed by atoms with Crippen LogP contribution in [0.25, 0.3) is 0 Å². The van der Waals surface area contributed by atoms with Gasteiger partial charge in [-0.3, -0.25) is 9.59 Å². The second-order valence-electron chi connectivity index (χ2n) is 5.40. The Kier molecular flexibility index (Phi) is 6.85. The van der Waals surface area contributed by atoms with Crippen LogP contribution in [0.3, 0.4) is 0 Å². The molecule has 2 N–H and O–H groups in total. The summed E-state index contributed by atoms with van der Waals surface area (Å²) in [5.41, 5.74) is 0.652. The van der Waals surface area contributed by atoms with Gasteiger partial charge in [-0.15, -0.1) is 0 Å². The molecule has 1 fully saturated rings. The van der Waals surface area contributed by atoms with E-state index in [1.807, 2.05) is 0 Å². The molecule has 1 aromatic carbocycles. The smallest absolute Gasteiger partial charge is 0.247 e. The predicted molar refractivity (Wildman–Crippen MR) is 87.6 cm³/mol. The van der Waals surface area contributed by atoms with Crippen LogP contribution in [0.15, 0.2) is 24.3 Å². The molecule has 1 aliphatic rings. The van der Waals surface area contributed by atoms with Gasteiger partial charge in [0.15, 0.2) is 0 Å². The van der Waals surface area contributed by atoms with Crippen molar-refractivity contribution in [3.05, 3.63) is 35.6 Å². The standard InChI is InChI=1S/C16H21FN2O3S/c17-13-4-2-12(3-5-13)10-15(21)18-14(11-20)16(22)19-6-1-8-23-9-7-19/h2-5,14,20H,1,6-11H2,(H,18,21)/t14-/m0/s1. The fraction of sp³-hybridized carbons (Fsp3) is 0.500. The molecule has 126 valence electrons. The molecule has 1 atom stereocenters. The van der Waals surface area contributed by atoms with Gasteiger partial charge < -0.3 is 15.3 Å². The molecular weight excluding hydrogens is 319 g/mol. The number of halogens is 1. The zero-order valence-electron chi connectivity index (χ0n) is 12.8. The minimum absolute atomic E-state index is 0.0416. The molecule has 0 bridgehead atoms. The third-order valence-corrected chi connectivity index (χ3v) is 4.68. The zero-order chi connectivity index (χ0) is 16.7.